The van der Waals surface area contributed by atoms with E-state index in [4.69, 9.17) is 18.9 Å². The van der Waals surface area contributed by atoms with Gasteiger partial charge in [0, 0.05) is 7.11 Å². The predicted octanol–water partition coefficient (Wildman–Crippen LogP) is 3.07. The SMILES string of the molecule is CCOC(=O)CC(=O)C(C)N=Nc1ccccc1OCCOC(C)OC. The van der Waals surface area contributed by atoms with Crippen molar-refractivity contribution in [3.8, 4) is 5.75 Å². The van der Waals surface area contributed by atoms with Crippen molar-refractivity contribution < 1.29 is 28.5 Å². The first-order valence-electron chi connectivity index (χ1n) is 8.43. The lowest BCUT2D eigenvalue weighted by Gasteiger charge is -2.12. The molecule has 0 amide bonds. The molecule has 0 aromatic heterocycles. The number of rotatable bonds is 12. The number of Topliss-reactive ketones (excluding diaryl/α,β-unsaturated/α-hetero) is 1. The summed E-state index contributed by atoms with van der Waals surface area (Å²) in [7, 11) is 1.56. The summed E-state index contributed by atoms with van der Waals surface area (Å²) in [6.45, 7) is 5.96. The van der Waals surface area contributed by atoms with Gasteiger partial charge in [0.15, 0.2) is 12.1 Å². The van der Waals surface area contributed by atoms with Gasteiger partial charge in [-0.2, -0.15) is 10.2 Å². The van der Waals surface area contributed by atoms with E-state index in [9.17, 15) is 9.59 Å². The number of ketones is 1. The van der Waals surface area contributed by atoms with Crippen LogP contribution in [0.1, 0.15) is 27.2 Å². The number of esters is 1. The van der Waals surface area contributed by atoms with Crippen molar-refractivity contribution >= 4 is 17.4 Å². The molecule has 26 heavy (non-hydrogen) atoms. The highest BCUT2D eigenvalue weighted by atomic mass is 16.7. The highest BCUT2D eigenvalue weighted by Gasteiger charge is 2.17. The normalized spacial score (nSPS) is 13.4. The third kappa shape index (κ3) is 8.17. The molecule has 1 aromatic rings. The van der Waals surface area contributed by atoms with Crippen LogP contribution in [0.5, 0.6) is 5.75 Å². The maximum absolute atomic E-state index is 11.9. The number of hydrogen-bond donors (Lipinski definition) is 0. The molecule has 0 radical (unpaired) electrons. The molecule has 0 heterocycles. The van der Waals surface area contributed by atoms with Crippen LogP contribution in [0.3, 0.4) is 0 Å². The Morgan fingerprint density at radius 2 is 1.88 bits per heavy atom. The molecule has 0 aliphatic rings. The predicted molar refractivity (Wildman–Crippen MR) is 94.6 cm³/mol. The highest BCUT2D eigenvalue weighted by molar-refractivity contribution is 5.98. The van der Waals surface area contributed by atoms with E-state index in [0.717, 1.165) is 0 Å². The van der Waals surface area contributed by atoms with Crippen LogP contribution in [-0.4, -0.2) is 51.0 Å². The van der Waals surface area contributed by atoms with E-state index in [0.29, 0.717) is 24.7 Å². The number of benzene rings is 1. The van der Waals surface area contributed by atoms with E-state index in [1.54, 1.807) is 46.1 Å². The number of methoxy groups -OCH3 is 1. The first-order chi connectivity index (χ1) is 12.5. The molecule has 2 unspecified atom stereocenters. The summed E-state index contributed by atoms with van der Waals surface area (Å²) in [6, 6.07) is 6.32. The fraction of sp³-hybridized carbons (Fsp3) is 0.556. The molecule has 0 spiro atoms. The van der Waals surface area contributed by atoms with Crippen molar-refractivity contribution in [1.29, 1.82) is 0 Å². The van der Waals surface area contributed by atoms with Crippen molar-refractivity contribution in [2.45, 2.75) is 39.5 Å². The Kier molecular flexibility index (Phi) is 10.1. The Morgan fingerprint density at radius 3 is 2.58 bits per heavy atom. The average molecular weight is 366 g/mol. The molecule has 2 atom stereocenters. The van der Waals surface area contributed by atoms with E-state index in [1.165, 1.54) is 0 Å². The first kappa shape index (κ1) is 21.7. The third-order valence-corrected chi connectivity index (χ3v) is 3.32. The molecule has 0 aliphatic carbocycles. The Balaban J connectivity index is 2.59. The molecular formula is C18H26N2O6. The van der Waals surface area contributed by atoms with E-state index in [-0.39, 0.29) is 25.1 Å². The molecule has 1 rings (SSSR count). The molecule has 0 aliphatic heterocycles. The summed E-state index contributed by atoms with van der Waals surface area (Å²) in [5.74, 6) is -0.393. The van der Waals surface area contributed by atoms with Crippen molar-refractivity contribution in [2.24, 2.45) is 10.2 Å². The van der Waals surface area contributed by atoms with Gasteiger partial charge in [-0.3, -0.25) is 9.59 Å². The maximum atomic E-state index is 11.9. The molecule has 0 bridgehead atoms. The second kappa shape index (κ2) is 12.1. The zero-order chi connectivity index (χ0) is 19.4. The van der Waals surface area contributed by atoms with Gasteiger partial charge < -0.3 is 18.9 Å². The Bertz CT molecular complexity index is 605. The highest BCUT2D eigenvalue weighted by Crippen LogP contribution is 2.27. The smallest absolute Gasteiger partial charge is 0.313 e. The number of para-hydroxylation sites is 1. The fourth-order valence-corrected chi connectivity index (χ4v) is 1.81. The van der Waals surface area contributed by atoms with Crippen LogP contribution < -0.4 is 4.74 Å². The summed E-state index contributed by atoms with van der Waals surface area (Å²) in [6.07, 6.45) is -0.624. The molecule has 8 nitrogen and oxygen atoms in total. The molecule has 1 aromatic carbocycles. The van der Waals surface area contributed by atoms with Gasteiger partial charge in [-0.05, 0) is 32.9 Å². The first-order valence-corrected chi connectivity index (χ1v) is 8.43. The van der Waals surface area contributed by atoms with Crippen molar-refractivity contribution in [1.82, 2.24) is 0 Å². The van der Waals surface area contributed by atoms with Gasteiger partial charge in [-0.1, -0.05) is 12.1 Å². The number of hydrogen-bond acceptors (Lipinski definition) is 8. The number of carbonyl (C=O) groups is 2. The zero-order valence-corrected chi connectivity index (χ0v) is 15.6. The minimum atomic E-state index is -0.752. The fourth-order valence-electron chi connectivity index (χ4n) is 1.81. The minimum absolute atomic E-state index is 0.236. The van der Waals surface area contributed by atoms with Gasteiger partial charge in [0.1, 0.15) is 30.5 Å². The van der Waals surface area contributed by atoms with Crippen molar-refractivity contribution in [3.05, 3.63) is 24.3 Å². The number of carbonyl (C=O) groups excluding carboxylic acids is 2. The third-order valence-electron chi connectivity index (χ3n) is 3.32. The standard InChI is InChI=1S/C18H26N2O6/c1-5-24-18(22)12-16(21)13(2)19-20-15-8-6-7-9-17(15)26-11-10-25-14(3)23-4/h6-9,13-14H,5,10-12H2,1-4H3. The summed E-state index contributed by atoms with van der Waals surface area (Å²) < 4.78 is 20.7. The largest absolute Gasteiger partial charge is 0.489 e. The van der Waals surface area contributed by atoms with Gasteiger partial charge in [0.25, 0.3) is 0 Å². The molecule has 0 N–H and O–H groups in total. The van der Waals surface area contributed by atoms with Crippen LogP contribution in [0, 0.1) is 0 Å². The van der Waals surface area contributed by atoms with Crippen LogP contribution in [0.4, 0.5) is 5.69 Å². The van der Waals surface area contributed by atoms with Crippen LogP contribution in [-0.2, 0) is 23.8 Å². The van der Waals surface area contributed by atoms with Gasteiger partial charge in [-0.15, -0.1) is 0 Å². The Morgan fingerprint density at radius 1 is 1.15 bits per heavy atom. The van der Waals surface area contributed by atoms with Gasteiger partial charge in [0.2, 0.25) is 0 Å². The molecule has 0 fully saturated rings. The molecule has 8 heteroatoms. The van der Waals surface area contributed by atoms with Crippen LogP contribution in [0.15, 0.2) is 34.5 Å². The number of ether oxygens (including phenoxy) is 4. The summed E-state index contributed by atoms with van der Waals surface area (Å²) in [5, 5.41) is 8.05. The molecule has 0 saturated heterocycles. The zero-order valence-electron chi connectivity index (χ0n) is 15.6. The van der Waals surface area contributed by atoms with Gasteiger partial charge >= 0.3 is 5.97 Å². The van der Waals surface area contributed by atoms with Gasteiger partial charge in [-0.25, -0.2) is 0 Å². The monoisotopic (exact) mass is 366 g/mol. The lowest BCUT2D eigenvalue weighted by molar-refractivity contribution is -0.145. The Labute approximate surface area is 153 Å². The lowest BCUT2D eigenvalue weighted by atomic mass is 10.2. The summed E-state index contributed by atoms with van der Waals surface area (Å²) in [4.78, 5) is 23.3. The van der Waals surface area contributed by atoms with Gasteiger partial charge in [0.05, 0.1) is 13.2 Å². The molecule has 0 saturated carbocycles. The topological polar surface area (TPSA) is 95.8 Å². The van der Waals surface area contributed by atoms with Crippen molar-refractivity contribution in [3.63, 3.8) is 0 Å². The lowest BCUT2D eigenvalue weighted by Crippen LogP contribution is -2.19. The molecule has 144 valence electrons. The second-order valence-corrected chi connectivity index (χ2v) is 5.33. The van der Waals surface area contributed by atoms with Crippen LogP contribution in [0.2, 0.25) is 0 Å². The Hall–Kier alpha value is -2.32. The number of azo groups is 1. The van der Waals surface area contributed by atoms with E-state index in [2.05, 4.69) is 10.2 Å². The second-order valence-electron chi connectivity index (χ2n) is 5.33. The van der Waals surface area contributed by atoms with E-state index in [1.807, 2.05) is 6.07 Å². The van der Waals surface area contributed by atoms with E-state index >= 15 is 0 Å². The average Bonchev–Trinajstić information content (AvgIpc) is 2.63. The number of nitrogens with zero attached hydrogens (tertiary/aromatic N) is 2. The van der Waals surface area contributed by atoms with Crippen LogP contribution in [0.25, 0.3) is 0 Å². The maximum Gasteiger partial charge on any atom is 0.313 e. The summed E-state index contributed by atoms with van der Waals surface area (Å²) >= 11 is 0. The quantitative estimate of drug-likeness (QED) is 0.185. The minimum Gasteiger partial charge on any atom is -0.489 e. The van der Waals surface area contributed by atoms with Crippen molar-refractivity contribution in [2.75, 3.05) is 26.9 Å². The molecular weight excluding hydrogens is 340 g/mol. The van der Waals surface area contributed by atoms with E-state index < -0.39 is 12.0 Å². The summed E-state index contributed by atoms with van der Waals surface area (Å²) in [5.41, 5.74) is 0.489. The van der Waals surface area contributed by atoms with Crippen LogP contribution >= 0.6 is 0 Å².